The number of hydrogen-bond acceptors (Lipinski definition) is 2. The van der Waals surface area contributed by atoms with Crippen LogP contribution in [0.15, 0.2) is 48.5 Å². The van der Waals surface area contributed by atoms with Crippen LogP contribution in [-0.4, -0.2) is 24.5 Å². The highest BCUT2D eigenvalue weighted by Gasteiger charge is 2.24. The van der Waals surface area contributed by atoms with Crippen LogP contribution in [-0.2, 0) is 6.54 Å². The van der Waals surface area contributed by atoms with Crippen molar-refractivity contribution in [2.45, 2.75) is 12.6 Å². The van der Waals surface area contributed by atoms with Crippen LogP contribution in [0, 0.1) is 5.82 Å². The Balaban J connectivity index is 1.81. The molecule has 1 aliphatic heterocycles. The van der Waals surface area contributed by atoms with E-state index in [1.165, 1.54) is 17.7 Å². The minimum Gasteiger partial charge on any atom is -0.314 e. The molecule has 3 rings (SSSR count). The second-order valence-electron chi connectivity index (χ2n) is 5.34. The quantitative estimate of drug-likeness (QED) is 0.931. The van der Waals surface area contributed by atoms with Gasteiger partial charge in [-0.2, -0.15) is 0 Å². The Labute approximate surface area is 129 Å². The van der Waals surface area contributed by atoms with Gasteiger partial charge in [0.1, 0.15) is 5.82 Å². The van der Waals surface area contributed by atoms with E-state index in [-0.39, 0.29) is 5.82 Å². The lowest BCUT2D eigenvalue weighted by molar-refractivity contribution is 0.154. The molecule has 4 heteroatoms. The fourth-order valence-electron chi connectivity index (χ4n) is 2.81. The summed E-state index contributed by atoms with van der Waals surface area (Å²) in [6.07, 6.45) is 0. The van der Waals surface area contributed by atoms with Gasteiger partial charge in [-0.25, -0.2) is 4.39 Å². The van der Waals surface area contributed by atoms with Gasteiger partial charge >= 0.3 is 0 Å². The van der Waals surface area contributed by atoms with E-state index in [1.807, 2.05) is 6.07 Å². The smallest absolute Gasteiger partial charge is 0.124 e. The van der Waals surface area contributed by atoms with E-state index in [0.717, 1.165) is 31.7 Å². The summed E-state index contributed by atoms with van der Waals surface area (Å²) < 4.78 is 13.2. The van der Waals surface area contributed by atoms with Crippen LogP contribution < -0.4 is 5.32 Å². The molecule has 2 aromatic rings. The zero-order valence-corrected chi connectivity index (χ0v) is 12.5. The topological polar surface area (TPSA) is 15.3 Å². The Morgan fingerprint density at radius 1 is 1.19 bits per heavy atom. The van der Waals surface area contributed by atoms with Gasteiger partial charge in [-0.05, 0) is 23.3 Å². The molecule has 21 heavy (non-hydrogen) atoms. The van der Waals surface area contributed by atoms with Gasteiger partial charge in [-0.3, -0.25) is 4.90 Å². The molecular weight excluding hydrogens is 287 g/mol. The van der Waals surface area contributed by atoms with Crippen molar-refractivity contribution in [2.75, 3.05) is 19.6 Å². The standard InChI is InChI=1S/C17H18ClFN2/c18-16-10-15(19)7-6-14(16)12-21-9-8-20-11-17(21)13-4-2-1-3-5-13/h1-7,10,17,20H,8-9,11-12H2. The van der Waals surface area contributed by atoms with Crippen LogP contribution in [0.1, 0.15) is 17.2 Å². The van der Waals surface area contributed by atoms with Gasteiger partial charge in [-0.1, -0.05) is 48.0 Å². The van der Waals surface area contributed by atoms with Crippen LogP contribution in [0.2, 0.25) is 5.02 Å². The predicted octanol–water partition coefficient (Wildman–Crippen LogP) is 3.63. The zero-order chi connectivity index (χ0) is 14.7. The van der Waals surface area contributed by atoms with Gasteiger partial charge in [0.25, 0.3) is 0 Å². The van der Waals surface area contributed by atoms with Crippen LogP contribution in [0.4, 0.5) is 4.39 Å². The number of nitrogens with one attached hydrogen (secondary N) is 1. The summed E-state index contributed by atoms with van der Waals surface area (Å²) in [7, 11) is 0. The summed E-state index contributed by atoms with van der Waals surface area (Å²) in [4.78, 5) is 2.39. The molecule has 1 N–H and O–H groups in total. The monoisotopic (exact) mass is 304 g/mol. The molecule has 110 valence electrons. The molecule has 0 saturated carbocycles. The van der Waals surface area contributed by atoms with E-state index in [0.29, 0.717) is 11.1 Å². The first kappa shape index (κ1) is 14.5. The second kappa shape index (κ2) is 6.56. The summed E-state index contributed by atoms with van der Waals surface area (Å²) in [6, 6.07) is 15.4. The third kappa shape index (κ3) is 3.43. The molecular formula is C17H18ClFN2. The van der Waals surface area contributed by atoms with Crippen LogP contribution in [0.3, 0.4) is 0 Å². The van der Waals surface area contributed by atoms with Crippen molar-refractivity contribution in [3.05, 3.63) is 70.5 Å². The molecule has 0 spiro atoms. The molecule has 1 unspecified atom stereocenters. The maximum absolute atomic E-state index is 13.2. The van der Waals surface area contributed by atoms with E-state index < -0.39 is 0 Å². The Bertz CT molecular complexity index is 603. The summed E-state index contributed by atoms with van der Waals surface area (Å²) in [5.41, 5.74) is 2.27. The van der Waals surface area contributed by atoms with Crippen LogP contribution in [0.25, 0.3) is 0 Å². The normalized spacial score (nSPS) is 19.6. The van der Waals surface area contributed by atoms with Gasteiger partial charge in [0.2, 0.25) is 0 Å². The van der Waals surface area contributed by atoms with Crippen LogP contribution >= 0.6 is 11.6 Å². The second-order valence-corrected chi connectivity index (χ2v) is 5.74. The summed E-state index contributed by atoms with van der Waals surface area (Å²) in [5, 5.41) is 3.94. The fraction of sp³-hybridized carbons (Fsp3) is 0.294. The van der Waals surface area contributed by atoms with Crippen LogP contribution in [0.5, 0.6) is 0 Å². The third-order valence-electron chi connectivity index (χ3n) is 3.93. The van der Waals surface area contributed by atoms with E-state index in [4.69, 9.17) is 11.6 Å². The molecule has 0 aliphatic carbocycles. The lowest BCUT2D eigenvalue weighted by Crippen LogP contribution is -2.45. The summed E-state index contributed by atoms with van der Waals surface area (Å²) in [5.74, 6) is -0.288. The summed E-state index contributed by atoms with van der Waals surface area (Å²) in [6.45, 7) is 3.57. The average Bonchev–Trinajstić information content (AvgIpc) is 2.51. The minimum atomic E-state index is -0.288. The molecule has 1 heterocycles. The van der Waals surface area contributed by atoms with Crippen molar-refractivity contribution in [1.82, 2.24) is 10.2 Å². The third-order valence-corrected chi connectivity index (χ3v) is 4.28. The first-order valence-corrected chi connectivity index (χ1v) is 7.55. The highest BCUT2D eigenvalue weighted by Crippen LogP contribution is 2.26. The van der Waals surface area contributed by atoms with Gasteiger partial charge < -0.3 is 5.32 Å². The average molecular weight is 305 g/mol. The molecule has 1 fully saturated rings. The number of halogens is 2. The van der Waals surface area contributed by atoms with Gasteiger partial charge in [0.15, 0.2) is 0 Å². The summed E-state index contributed by atoms with van der Waals surface area (Å²) >= 11 is 6.16. The van der Waals surface area contributed by atoms with E-state index in [1.54, 1.807) is 6.07 Å². The van der Waals surface area contributed by atoms with Crippen molar-refractivity contribution in [3.63, 3.8) is 0 Å². The highest BCUT2D eigenvalue weighted by molar-refractivity contribution is 6.31. The number of nitrogens with zero attached hydrogens (tertiary/aromatic N) is 1. The molecule has 1 aliphatic rings. The SMILES string of the molecule is Fc1ccc(CN2CCNCC2c2ccccc2)c(Cl)c1. The number of benzene rings is 2. The maximum Gasteiger partial charge on any atom is 0.124 e. The highest BCUT2D eigenvalue weighted by atomic mass is 35.5. The molecule has 0 bridgehead atoms. The van der Waals surface area contributed by atoms with Gasteiger partial charge in [0.05, 0.1) is 0 Å². The van der Waals surface area contributed by atoms with Gasteiger partial charge in [0, 0.05) is 37.2 Å². The van der Waals surface area contributed by atoms with Crippen molar-refractivity contribution in [2.24, 2.45) is 0 Å². The lowest BCUT2D eigenvalue weighted by Gasteiger charge is -2.36. The Morgan fingerprint density at radius 3 is 2.76 bits per heavy atom. The number of hydrogen-bond donors (Lipinski definition) is 1. The Morgan fingerprint density at radius 2 is 2.00 bits per heavy atom. The fourth-order valence-corrected chi connectivity index (χ4v) is 3.04. The lowest BCUT2D eigenvalue weighted by atomic mass is 10.0. The van der Waals surface area contributed by atoms with Crippen molar-refractivity contribution >= 4 is 11.6 Å². The number of piperazine rings is 1. The molecule has 0 radical (unpaired) electrons. The van der Waals surface area contributed by atoms with E-state index in [2.05, 4.69) is 34.5 Å². The van der Waals surface area contributed by atoms with Crippen molar-refractivity contribution < 1.29 is 4.39 Å². The molecule has 1 atom stereocenters. The first-order valence-electron chi connectivity index (χ1n) is 7.17. The Kier molecular flexibility index (Phi) is 4.54. The zero-order valence-electron chi connectivity index (χ0n) is 11.7. The molecule has 1 saturated heterocycles. The Hall–Kier alpha value is -1.42. The van der Waals surface area contributed by atoms with E-state index in [9.17, 15) is 4.39 Å². The van der Waals surface area contributed by atoms with Gasteiger partial charge in [-0.15, -0.1) is 0 Å². The largest absolute Gasteiger partial charge is 0.314 e. The number of rotatable bonds is 3. The molecule has 0 aromatic heterocycles. The molecule has 0 amide bonds. The molecule has 2 nitrogen and oxygen atoms in total. The van der Waals surface area contributed by atoms with Crippen molar-refractivity contribution in [3.8, 4) is 0 Å². The molecule has 2 aromatic carbocycles. The van der Waals surface area contributed by atoms with E-state index >= 15 is 0 Å². The first-order chi connectivity index (χ1) is 10.2. The van der Waals surface area contributed by atoms with Crippen molar-refractivity contribution in [1.29, 1.82) is 0 Å². The maximum atomic E-state index is 13.2. The predicted molar refractivity (Wildman–Crippen MR) is 83.9 cm³/mol. The minimum absolute atomic E-state index is 0.288.